The Balaban J connectivity index is 2.22. The van der Waals surface area contributed by atoms with Gasteiger partial charge in [-0.25, -0.2) is 0 Å². The molecule has 1 aromatic carbocycles. The van der Waals surface area contributed by atoms with Crippen LogP contribution in [-0.4, -0.2) is 15.0 Å². The molecule has 0 aliphatic heterocycles. The molecule has 0 saturated carbocycles. The van der Waals surface area contributed by atoms with Crippen molar-refractivity contribution in [3.63, 3.8) is 0 Å². The fourth-order valence-corrected chi connectivity index (χ4v) is 2.00. The molecule has 6 nitrogen and oxygen atoms in total. The first-order valence-corrected chi connectivity index (χ1v) is 7.06. The summed E-state index contributed by atoms with van der Waals surface area (Å²) >= 11 is 3.28. The molecular weight excluding hydrogens is 340 g/mol. The van der Waals surface area contributed by atoms with Gasteiger partial charge in [-0.15, -0.1) is 0 Å². The SMILES string of the molecule is CCC(O)c1ccc(Oc2cc([N+](=O)[O-])ccc2Br)cn1. The highest BCUT2D eigenvalue weighted by atomic mass is 79.9. The van der Waals surface area contributed by atoms with Gasteiger partial charge < -0.3 is 9.84 Å². The van der Waals surface area contributed by atoms with Crippen molar-refractivity contribution >= 4 is 21.6 Å². The van der Waals surface area contributed by atoms with E-state index in [1.165, 1.54) is 18.3 Å². The lowest BCUT2D eigenvalue weighted by Crippen LogP contribution is -1.98. The maximum Gasteiger partial charge on any atom is 0.273 e. The van der Waals surface area contributed by atoms with Crippen LogP contribution in [0.2, 0.25) is 0 Å². The first-order valence-electron chi connectivity index (χ1n) is 6.27. The minimum Gasteiger partial charge on any atom is -0.454 e. The molecule has 7 heteroatoms. The van der Waals surface area contributed by atoms with E-state index in [0.29, 0.717) is 28.1 Å². The predicted octanol–water partition coefficient (Wildman–Crippen LogP) is 3.99. The average molecular weight is 353 g/mol. The lowest BCUT2D eigenvalue weighted by Gasteiger charge is -2.10. The standard InChI is InChI=1S/C14H13BrN2O4/c1-2-13(18)12-6-4-10(8-16-12)21-14-7-9(17(19)20)3-5-11(14)15/h3-8,13,18H,2H2,1H3. The zero-order valence-corrected chi connectivity index (χ0v) is 12.8. The van der Waals surface area contributed by atoms with Gasteiger partial charge in [-0.2, -0.15) is 0 Å². The van der Waals surface area contributed by atoms with Crippen molar-refractivity contribution in [2.24, 2.45) is 0 Å². The number of pyridine rings is 1. The van der Waals surface area contributed by atoms with E-state index in [2.05, 4.69) is 20.9 Å². The molecule has 2 rings (SSSR count). The monoisotopic (exact) mass is 352 g/mol. The number of nitro groups is 1. The lowest BCUT2D eigenvalue weighted by molar-refractivity contribution is -0.384. The fraction of sp³-hybridized carbons (Fsp3) is 0.214. The second-order valence-electron chi connectivity index (χ2n) is 4.32. The van der Waals surface area contributed by atoms with Crippen molar-refractivity contribution in [3.05, 3.63) is 56.8 Å². The number of aromatic nitrogens is 1. The quantitative estimate of drug-likeness (QED) is 0.649. The summed E-state index contributed by atoms with van der Waals surface area (Å²) in [6.07, 6.45) is 1.44. The Kier molecular flexibility index (Phi) is 4.87. The molecule has 0 fully saturated rings. The van der Waals surface area contributed by atoms with Crippen molar-refractivity contribution < 1.29 is 14.8 Å². The summed E-state index contributed by atoms with van der Waals surface area (Å²) < 4.78 is 6.18. The molecule has 0 aliphatic carbocycles. The largest absolute Gasteiger partial charge is 0.454 e. The van der Waals surface area contributed by atoms with Crippen LogP contribution in [0.3, 0.4) is 0 Å². The van der Waals surface area contributed by atoms with E-state index in [4.69, 9.17) is 4.74 Å². The molecule has 0 spiro atoms. The molecule has 110 valence electrons. The maximum absolute atomic E-state index is 10.8. The van der Waals surface area contributed by atoms with Crippen molar-refractivity contribution in [3.8, 4) is 11.5 Å². The van der Waals surface area contributed by atoms with E-state index in [9.17, 15) is 15.2 Å². The number of hydrogen-bond acceptors (Lipinski definition) is 5. The topological polar surface area (TPSA) is 85.5 Å². The summed E-state index contributed by atoms with van der Waals surface area (Å²) in [7, 11) is 0. The van der Waals surface area contributed by atoms with E-state index in [-0.39, 0.29) is 5.69 Å². The number of rotatable bonds is 5. The zero-order chi connectivity index (χ0) is 15.4. The Bertz CT molecular complexity index is 646. The van der Waals surface area contributed by atoms with Gasteiger partial charge in [-0.1, -0.05) is 6.92 Å². The summed E-state index contributed by atoms with van der Waals surface area (Å²) in [5.74, 6) is 0.762. The molecule has 0 aliphatic rings. The molecule has 0 amide bonds. The lowest BCUT2D eigenvalue weighted by atomic mass is 10.2. The zero-order valence-electron chi connectivity index (χ0n) is 11.2. The second kappa shape index (κ2) is 6.64. The fourth-order valence-electron chi connectivity index (χ4n) is 1.67. The number of hydrogen-bond donors (Lipinski definition) is 1. The van der Waals surface area contributed by atoms with Gasteiger partial charge in [0.2, 0.25) is 0 Å². The average Bonchev–Trinajstić information content (AvgIpc) is 2.49. The van der Waals surface area contributed by atoms with Crippen LogP contribution in [0.15, 0.2) is 41.0 Å². The molecular formula is C14H13BrN2O4. The Morgan fingerprint density at radius 3 is 2.76 bits per heavy atom. The van der Waals surface area contributed by atoms with Gasteiger partial charge in [0.05, 0.1) is 33.5 Å². The van der Waals surface area contributed by atoms with E-state index in [0.717, 1.165) is 0 Å². The summed E-state index contributed by atoms with van der Waals surface area (Å²) in [5, 5.41) is 20.4. The summed E-state index contributed by atoms with van der Waals surface area (Å²) in [6.45, 7) is 1.86. The molecule has 0 radical (unpaired) electrons. The molecule has 0 saturated heterocycles. The van der Waals surface area contributed by atoms with Gasteiger partial charge in [0.15, 0.2) is 0 Å². The third-order valence-electron chi connectivity index (χ3n) is 2.84. The number of aliphatic hydroxyl groups excluding tert-OH is 1. The maximum atomic E-state index is 10.8. The summed E-state index contributed by atoms with van der Waals surface area (Å²) in [4.78, 5) is 14.4. The summed E-state index contributed by atoms with van der Waals surface area (Å²) in [5.41, 5.74) is 0.502. The van der Waals surface area contributed by atoms with Crippen LogP contribution in [0.1, 0.15) is 25.1 Å². The second-order valence-corrected chi connectivity index (χ2v) is 5.17. The molecule has 1 N–H and O–H groups in total. The normalized spacial score (nSPS) is 12.0. The highest BCUT2D eigenvalue weighted by molar-refractivity contribution is 9.10. The Labute approximate surface area is 129 Å². The molecule has 21 heavy (non-hydrogen) atoms. The van der Waals surface area contributed by atoms with E-state index < -0.39 is 11.0 Å². The van der Waals surface area contributed by atoms with Crippen molar-refractivity contribution in [2.45, 2.75) is 19.4 Å². The molecule has 2 aromatic rings. The number of halogens is 1. The first-order chi connectivity index (χ1) is 10.0. The minimum absolute atomic E-state index is 0.0563. The van der Waals surface area contributed by atoms with E-state index >= 15 is 0 Å². The van der Waals surface area contributed by atoms with Gasteiger partial charge >= 0.3 is 0 Å². The third-order valence-corrected chi connectivity index (χ3v) is 3.50. The number of nitro benzene ring substituents is 1. The van der Waals surface area contributed by atoms with Gasteiger partial charge in [0, 0.05) is 6.07 Å². The van der Waals surface area contributed by atoms with Gasteiger partial charge in [0.1, 0.15) is 11.5 Å². The smallest absolute Gasteiger partial charge is 0.273 e. The molecule has 1 unspecified atom stereocenters. The minimum atomic E-state index is -0.608. The predicted molar refractivity (Wildman–Crippen MR) is 80.4 cm³/mol. The molecule has 1 aromatic heterocycles. The van der Waals surface area contributed by atoms with E-state index in [1.54, 1.807) is 18.2 Å². The van der Waals surface area contributed by atoms with Crippen LogP contribution in [0.25, 0.3) is 0 Å². The van der Waals surface area contributed by atoms with Crippen LogP contribution < -0.4 is 4.74 Å². The van der Waals surface area contributed by atoms with Crippen LogP contribution in [0, 0.1) is 10.1 Å². The number of nitrogens with zero attached hydrogens (tertiary/aromatic N) is 2. The number of non-ortho nitro benzene ring substituents is 1. The van der Waals surface area contributed by atoms with Crippen LogP contribution in [0.5, 0.6) is 11.5 Å². The van der Waals surface area contributed by atoms with E-state index in [1.807, 2.05) is 6.92 Å². The van der Waals surface area contributed by atoms with Crippen molar-refractivity contribution in [2.75, 3.05) is 0 Å². The van der Waals surface area contributed by atoms with Gasteiger partial charge in [0.25, 0.3) is 5.69 Å². The van der Waals surface area contributed by atoms with Gasteiger partial charge in [-0.3, -0.25) is 15.1 Å². The molecule has 1 heterocycles. The number of aliphatic hydroxyl groups is 1. The first kappa shape index (κ1) is 15.4. The van der Waals surface area contributed by atoms with Crippen molar-refractivity contribution in [1.82, 2.24) is 4.98 Å². The molecule has 1 atom stereocenters. The third kappa shape index (κ3) is 3.77. The number of benzene rings is 1. The Hall–Kier alpha value is -1.99. The highest BCUT2D eigenvalue weighted by Gasteiger charge is 2.12. The van der Waals surface area contributed by atoms with Crippen molar-refractivity contribution in [1.29, 1.82) is 0 Å². The highest BCUT2D eigenvalue weighted by Crippen LogP contribution is 2.33. The van der Waals surface area contributed by atoms with Crippen LogP contribution in [-0.2, 0) is 0 Å². The number of ether oxygens (including phenoxy) is 1. The van der Waals surface area contributed by atoms with Crippen LogP contribution in [0.4, 0.5) is 5.69 Å². The summed E-state index contributed by atoms with van der Waals surface area (Å²) in [6, 6.07) is 7.59. The molecule has 0 bridgehead atoms. The van der Waals surface area contributed by atoms with Gasteiger partial charge in [-0.05, 0) is 40.5 Å². The Morgan fingerprint density at radius 2 is 2.19 bits per heavy atom. The van der Waals surface area contributed by atoms with Crippen LogP contribution >= 0.6 is 15.9 Å². The Morgan fingerprint density at radius 1 is 1.43 bits per heavy atom.